The van der Waals surface area contributed by atoms with E-state index in [0.29, 0.717) is 25.3 Å². The van der Waals surface area contributed by atoms with Crippen molar-refractivity contribution in [3.05, 3.63) is 81.5 Å². The van der Waals surface area contributed by atoms with E-state index in [-0.39, 0.29) is 11.8 Å². The second-order valence-corrected chi connectivity index (χ2v) is 9.95. The molecule has 4 heterocycles. The van der Waals surface area contributed by atoms with Gasteiger partial charge in [0.1, 0.15) is 16.1 Å². The Kier molecular flexibility index (Phi) is 5.16. The smallest absolute Gasteiger partial charge is 0.271 e. The lowest BCUT2D eigenvalue weighted by Crippen LogP contribution is -2.64. The molecule has 0 fully saturated rings. The van der Waals surface area contributed by atoms with Crippen molar-refractivity contribution in [3.8, 4) is 0 Å². The summed E-state index contributed by atoms with van der Waals surface area (Å²) in [6.45, 7) is 3.29. The van der Waals surface area contributed by atoms with E-state index in [1.807, 2.05) is 70.8 Å². The van der Waals surface area contributed by atoms with Crippen LogP contribution in [0, 0.1) is 0 Å². The molecule has 5 rings (SSSR count). The highest BCUT2D eigenvalue weighted by Crippen LogP contribution is 2.34. The number of benzene rings is 1. The predicted molar refractivity (Wildman–Crippen MR) is 126 cm³/mol. The standard InChI is InChI=1S/C24H23N3O2S2/c1-24(23(29)25-15-17-6-3-2-4-7-17)16-26-20(14-18-10-13-31-22(18)26)21(28)27(24)11-9-19-8-5-12-30-19/h2-8,10,12-14H,9,11,15-16H2,1H3,(H,25,29)/t24-/m1/s1. The second kappa shape index (κ2) is 7.98. The first kappa shape index (κ1) is 20.0. The average Bonchev–Trinajstić information content (AvgIpc) is 3.51. The molecule has 3 aromatic heterocycles. The lowest BCUT2D eigenvalue weighted by Gasteiger charge is -2.44. The van der Waals surface area contributed by atoms with E-state index in [4.69, 9.17) is 0 Å². The molecule has 2 amide bonds. The summed E-state index contributed by atoms with van der Waals surface area (Å²) in [5, 5.41) is 8.20. The number of hydrogen-bond acceptors (Lipinski definition) is 4. The maximum absolute atomic E-state index is 13.6. The van der Waals surface area contributed by atoms with Crippen LogP contribution in [0.15, 0.2) is 65.4 Å². The van der Waals surface area contributed by atoms with Crippen LogP contribution in [0.25, 0.3) is 10.2 Å². The van der Waals surface area contributed by atoms with Gasteiger partial charge in [-0.3, -0.25) is 9.59 Å². The zero-order valence-corrected chi connectivity index (χ0v) is 18.8. The van der Waals surface area contributed by atoms with Crippen LogP contribution >= 0.6 is 22.7 Å². The van der Waals surface area contributed by atoms with E-state index in [1.54, 1.807) is 27.6 Å². The molecule has 5 nitrogen and oxygen atoms in total. The number of nitrogens with zero attached hydrogens (tertiary/aromatic N) is 2. The Balaban J connectivity index is 1.46. The van der Waals surface area contributed by atoms with Crippen LogP contribution in [0.5, 0.6) is 0 Å². The Bertz CT molecular complexity index is 1230. The maximum Gasteiger partial charge on any atom is 0.271 e. The van der Waals surface area contributed by atoms with E-state index in [9.17, 15) is 9.59 Å². The van der Waals surface area contributed by atoms with E-state index in [1.165, 1.54) is 4.88 Å². The predicted octanol–water partition coefficient (Wildman–Crippen LogP) is 4.54. The van der Waals surface area contributed by atoms with Gasteiger partial charge in [-0.05, 0) is 47.9 Å². The van der Waals surface area contributed by atoms with Gasteiger partial charge in [0.25, 0.3) is 5.91 Å². The molecular weight excluding hydrogens is 426 g/mol. The molecule has 0 saturated heterocycles. The normalized spacial score (nSPS) is 18.4. The van der Waals surface area contributed by atoms with Crippen molar-refractivity contribution in [2.75, 3.05) is 6.54 Å². The summed E-state index contributed by atoms with van der Waals surface area (Å²) in [6.07, 6.45) is 0.736. The summed E-state index contributed by atoms with van der Waals surface area (Å²) in [7, 11) is 0. The maximum atomic E-state index is 13.6. The van der Waals surface area contributed by atoms with Gasteiger partial charge >= 0.3 is 0 Å². The van der Waals surface area contributed by atoms with Gasteiger partial charge in [0.05, 0.1) is 6.54 Å². The van der Waals surface area contributed by atoms with E-state index in [0.717, 1.165) is 22.2 Å². The Hall–Kier alpha value is -2.90. The molecule has 1 aliphatic heterocycles. The first-order valence-corrected chi connectivity index (χ1v) is 12.1. The molecule has 1 aromatic carbocycles. The van der Waals surface area contributed by atoms with Gasteiger partial charge in [0, 0.05) is 23.4 Å². The third-order valence-electron chi connectivity index (χ3n) is 5.98. The SMILES string of the molecule is C[C@]1(C(=O)NCc2ccccc2)Cn2c(cc3ccsc32)C(=O)N1CCc1cccs1. The minimum Gasteiger partial charge on any atom is -0.350 e. The lowest BCUT2D eigenvalue weighted by atomic mass is 9.94. The highest BCUT2D eigenvalue weighted by atomic mass is 32.1. The number of thiophene rings is 2. The van der Waals surface area contributed by atoms with Crippen LogP contribution in [-0.4, -0.2) is 33.4 Å². The summed E-state index contributed by atoms with van der Waals surface area (Å²) in [4.78, 5) is 31.1. The molecule has 158 valence electrons. The van der Waals surface area contributed by atoms with Crippen LogP contribution in [0.3, 0.4) is 0 Å². The topological polar surface area (TPSA) is 54.3 Å². The number of carbonyl (C=O) groups excluding carboxylic acids is 2. The van der Waals surface area contributed by atoms with Gasteiger partial charge in [-0.1, -0.05) is 36.4 Å². The molecule has 7 heteroatoms. The van der Waals surface area contributed by atoms with Crippen LogP contribution < -0.4 is 5.32 Å². The van der Waals surface area contributed by atoms with Crippen molar-refractivity contribution < 1.29 is 9.59 Å². The molecule has 0 bridgehead atoms. The minimum atomic E-state index is -0.966. The number of amides is 2. The molecule has 1 atom stereocenters. The Morgan fingerprint density at radius 3 is 2.71 bits per heavy atom. The fourth-order valence-electron chi connectivity index (χ4n) is 4.25. The van der Waals surface area contributed by atoms with Gasteiger partial charge < -0.3 is 14.8 Å². The van der Waals surface area contributed by atoms with Crippen LogP contribution in [-0.2, 0) is 24.3 Å². The van der Waals surface area contributed by atoms with Crippen molar-refractivity contribution in [3.63, 3.8) is 0 Å². The monoisotopic (exact) mass is 449 g/mol. The zero-order chi connectivity index (χ0) is 21.4. The lowest BCUT2D eigenvalue weighted by molar-refractivity contribution is -0.133. The van der Waals surface area contributed by atoms with E-state index in [2.05, 4.69) is 11.4 Å². The molecule has 1 N–H and O–H groups in total. The van der Waals surface area contributed by atoms with Gasteiger partial charge in [-0.25, -0.2) is 0 Å². The zero-order valence-electron chi connectivity index (χ0n) is 17.2. The van der Waals surface area contributed by atoms with Gasteiger partial charge in [0.15, 0.2) is 0 Å². The number of rotatable bonds is 6. The fraction of sp³-hybridized carbons (Fsp3) is 0.250. The molecule has 31 heavy (non-hydrogen) atoms. The van der Waals surface area contributed by atoms with Crippen molar-refractivity contribution in [1.29, 1.82) is 0 Å². The molecule has 1 aliphatic rings. The number of fused-ring (bicyclic) bond motifs is 3. The summed E-state index contributed by atoms with van der Waals surface area (Å²) in [6, 6.07) is 17.9. The van der Waals surface area contributed by atoms with Gasteiger partial charge in [0.2, 0.25) is 5.91 Å². The van der Waals surface area contributed by atoms with Crippen molar-refractivity contribution >= 4 is 44.7 Å². The van der Waals surface area contributed by atoms with Crippen molar-refractivity contribution in [2.24, 2.45) is 0 Å². The summed E-state index contributed by atoms with van der Waals surface area (Å²) in [5.41, 5.74) is 0.738. The van der Waals surface area contributed by atoms with Gasteiger partial charge in [-0.2, -0.15) is 0 Å². The molecule has 0 saturated carbocycles. The third kappa shape index (κ3) is 3.58. The molecule has 4 aromatic rings. The summed E-state index contributed by atoms with van der Waals surface area (Å²) < 4.78 is 2.02. The third-order valence-corrected chi connectivity index (χ3v) is 7.86. The van der Waals surface area contributed by atoms with Crippen molar-refractivity contribution in [1.82, 2.24) is 14.8 Å². The Labute approximate surface area is 188 Å². The average molecular weight is 450 g/mol. The Morgan fingerprint density at radius 2 is 1.94 bits per heavy atom. The second-order valence-electron chi connectivity index (χ2n) is 8.03. The van der Waals surface area contributed by atoms with Crippen LogP contribution in [0.2, 0.25) is 0 Å². The van der Waals surface area contributed by atoms with E-state index < -0.39 is 5.54 Å². The molecule has 0 unspecified atom stereocenters. The quantitative estimate of drug-likeness (QED) is 0.470. The van der Waals surface area contributed by atoms with E-state index >= 15 is 0 Å². The summed E-state index contributed by atoms with van der Waals surface area (Å²) in [5.74, 6) is -0.205. The molecule has 0 spiro atoms. The largest absolute Gasteiger partial charge is 0.350 e. The fourth-order valence-corrected chi connectivity index (χ4v) is 5.85. The van der Waals surface area contributed by atoms with Crippen LogP contribution in [0.4, 0.5) is 0 Å². The van der Waals surface area contributed by atoms with Crippen LogP contribution in [0.1, 0.15) is 27.9 Å². The van der Waals surface area contributed by atoms with Crippen molar-refractivity contribution in [2.45, 2.75) is 32.0 Å². The minimum absolute atomic E-state index is 0.0800. The Morgan fingerprint density at radius 1 is 1.10 bits per heavy atom. The molecule has 0 aliphatic carbocycles. The summed E-state index contributed by atoms with van der Waals surface area (Å²) >= 11 is 3.29. The first-order valence-electron chi connectivity index (χ1n) is 10.3. The highest BCUT2D eigenvalue weighted by Gasteiger charge is 2.47. The first-order chi connectivity index (χ1) is 15.1. The highest BCUT2D eigenvalue weighted by molar-refractivity contribution is 7.16. The van der Waals surface area contributed by atoms with Gasteiger partial charge in [-0.15, -0.1) is 22.7 Å². The number of nitrogens with one attached hydrogen (secondary N) is 1. The number of hydrogen-bond donors (Lipinski definition) is 1. The molecule has 0 radical (unpaired) electrons. The number of carbonyl (C=O) groups is 2. The number of aromatic nitrogens is 1. The molecular formula is C24H23N3O2S2.